The van der Waals surface area contributed by atoms with Crippen LogP contribution in [0.2, 0.25) is 5.02 Å². The third-order valence-electron chi connectivity index (χ3n) is 5.41. The lowest BCUT2D eigenvalue weighted by Gasteiger charge is -2.27. The molecule has 0 aromatic heterocycles. The number of anilines is 1. The van der Waals surface area contributed by atoms with Gasteiger partial charge in [0.15, 0.2) is 0 Å². The number of halogens is 1. The number of benzene rings is 3. The zero-order chi connectivity index (χ0) is 23.0. The average Bonchev–Trinajstić information content (AvgIpc) is 3.06. The van der Waals surface area contributed by atoms with Crippen LogP contribution in [0, 0.1) is 17.0 Å². The van der Waals surface area contributed by atoms with Crippen molar-refractivity contribution in [3.63, 3.8) is 0 Å². The minimum Gasteiger partial charge on any atom is -0.507 e. The molecule has 3 aromatic carbocycles. The maximum absolute atomic E-state index is 13.1. The number of nitrogens with zero attached hydrogens (tertiary/aromatic N) is 2. The van der Waals surface area contributed by atoms with Gasteiger partial charge in [-0.2, -0.15) is 0 Å². The molecule has 1 saturated heterocycles. The normalized spacial score (nSPS) is 17.6. The van der Waals surface area contributed by atoms with Crippen molar-refractivity contribution in [1.29, 1.82) is 0 Å². The van der Waals surface area contributed by atoms with E-state index in [4.69, 9.17) is 11.6 Å². The Bertz CT molecular complexity index is 1270. The lowest BCUT2D eigenvalue weighted by Crippen LogP contribution is -2.30. The molecule has 1 amide bonds. The molecule has 1 N–H and O–H groups in total. The number of aliphatic hydroxyl groups is 1. The smallest absolute Gasteiger partial charge is 0.300 e. The highest BCUT2D eigenvalue weighted by Crippen LogP contribution is 2.43. The SMILES string of the molecule is Cc1c(Cl)cccc1N1C(=O)C(=O)/C(=C(/O)c2ccc([N+](=O)[O-])cc2)C1c1ccccc1. The third-order valence-corrected chi connectivity index (χ3v) is 5.82. The summed E-state index contributed by atoms with van der Waals surface area (Å²) >= 11 is 6.27. The number of nitro groups is 1. The molecule has 4 rings (SSSR count). The van der Waals surface area contributed by atoms with E-state index in [9.17, 15) is 24.8 Å². The fourth-order valence-corrected chi connectivity index (χ4v) is 3.95. The van der Waals surface area contributed by atoms with Crippen LogP contribution in [0.4, 0.5) is 11.4 Å². The second kappa shape index (κ2) is 8.28. The molecular weight excluding hydrogens is 432 g/mol. The van der Waals surface area contributed by atoms with E-state index >= 15 is 0 Å². The van der Waals surface area contributed by atoms with Crippen LogP contribution in [0.15, 0.2) is 78.4 Å². The van der Waals surface area contributed by atoms with Gasteiger partial charge < -0.3 is 5.11 Å². The Morgan fingerprint density at radius 3 is 2.28 bits per heavy atom. The second-order valence-electron chi connectivity index (χ2n) is 7.27. The number of rotatable bonds is 4. The fraction of sp³-hybridized carbons (Fsp3) is 0.0833. The quantitative estimate of drug-likeness (QED) is 0.195. The van der Waals surface area contributed by atoms with Crippen LogP contribution < -0.4 is 4.90 Å². The topological polar surface area (TPSA) is 101 Å². The summed E-state index contributed by atoms with van der Waals surface area (Å²) in [6.45, 7) is 1.75. The van der Waals surface area contributed by atoms with Gasteiger partial charge in [-0.3, -0.25) is 24.6 Å². The largest absolute Gasteiger partial charge is 0.507 e. The minimum absolute atomic E-state index is 0.102. The molecule has 1 atom stereocenters. The molecule has 0 spiro atoms. The van der Waals surface area contributed by atoms with Crippen LogP contribution in [-0.2, 0) is 9.59 Å². The summed E-state index contributed by atoms with van der Waals surface area (Å²) in [5, 5.41) is 22.4. The van der Waals surface area contributed by atoms with E-state index in [-0.39, 0.29) is 16.8 Å². The first kappa shape index (κ1) is 21.3. The molecule has 1 fully saturated rings. The number of hydrogen-bond acceptors (Lipinski definition) is 5. The lowest BCUT2D eigenvalue weighted by molar-refractivity contribution is -0.384. The van der Waals surface area contributed by atoms with Crippen molar-refractivity contribution in [2.24, 2.45) is 0 Å². The Balaban J connectivity index is 1.94. The molecule has 0 saturated carbocycles. The number of ketones is 1. The maximum Gasteiger partial charge on any atom is 0.300 e. The molecule has 8 heteroatoms. The van der Waals surface area contributed by atoms with E-state index in [1.54, 1.807) is 55.5 Å². The predicted molar refractivity (Wildman–Crippen MR) is 121 cm³/mol. The number of carbonyl (C=O) groups excluding carboxylic acids is 2. The first-order chi connectivity index (χ1) is 15.3. The van der Waals surface area contributed by atoms with Crippen LogP contribution in [0.5, 0.6) is 0 Å². The molecule has 160 valence electrons. The van der Waals surface area contributed by atoms with Gasteiger partial charge >= 0.3 is 0 Å². The van der Waals surface area contributed by atoms with Crippen LogP contribution in [0.1, 0.15) is 22.7 Å². The molecule has 3 aromatic rings. The Morgan fingerprint density at radius 1 is 1.00 bits per heavy atom. The van der Waals surface area contributed by atoms with Gasteiger partial charge in [0.1, 0.15) is 5.76 Å². The van der Waals surface area contributed by atoms with Gasteiger partial charge in [-0.25, -0.2) is 0 Å². The Hall–Kier alpha value is -3.97. The first-order valence-electron chi connectivity index (χ1n) is 9.67. The zero-order valence-corrected chi connectivity index (χ0v) is 17.6. The zero-order valence-electron chi connectivity index (χ0n) is 16.9. The van der Waals surface area contributed by atoms with Crippen molar-refractivity contribution in [2.75, 3.05) is 4.90 Å². The van der Waals surface area contributed by atoms with Gasteiger partial charge in [0.25, 0.3) is 17.4 Å². The summed E-state index contributed by atoms with van der Waals surface area (Å²) in [5.74, 6) is -2.06. The van der Waals surface area contributed by atoms with Crippen molar-refractivity contribution >= 4 is 40.4 Å². The number of nitro benzene ring substituents is 1. The van der Waals surface area contributed by atoms with Crippen LogP contribution in [0.25, 0.3) is 5.76 Å². The van der Waals surface area contributed by atoms with E-state index in [2.05, 4.69) is 0 Å². The molecule has 0 bridgehead atoms. The van der Waals surface area contributed by atoms with E-state index in [1.165, 1.54) is 29.2 Å². The van der Waals surface area contributed by atoms with Gasteiger partial charge in [-0.15, -0.1) is 0 Å². The maximum atomic E-state index is 13.1. The second-order valence-corrected chi connectivity index (χ2v) is 7.67. The summed E-state index contributed by atoms with van der Waals surface area (Å²) in [6, 6.07) is 18.1. The van der Waals surface area contributed by atoms with Crippen LogP contribution >= 0.6 is 11.6 Å². The summed E-state index contributed by atoms with van der Waals surface area (Å²) in [6.07, 6.45) is 0. The van der Waals surface area contributed by atoms with Gasteiger partial charge in [0, 0.05) is 28.4 Å². The Kier molecular flexibility index (Phi) is 5.50. The number of carbonyl (C=O) groups is 2. The average molecular weight is 449 g/mol. The van der Waals surface area contributed by atoms with Crippen molar-refractivity contribution in [1.82, 2.24) is 0 Å². The molecule has 7 nitrogen and oxygen atoms in total. The number of aliphatic hydroxyl groups excluding tert-OH is 1. The molecule has 32 heavy (non-hydrogen) atoms. The van der Waals surface area contributed by atoms with Crippen molar-refractivity contribution in [2.45, 2.75) is 13.0 Å². The highest BCUT2D eigenvalue weighted by molar-refractivity contribution is 6.52. The molecule has 1 aliphatic rings. The number of amides is 1. The standard InChI is InChI=1S/C24H17ClN2O5/c1-14-18(25)8-5-9-19(14)26-21(15-6-3-2-4-7-15)20(23(29)24(26)30)22(28)16-10-12-17(13-11-16)27(31)32/h2-13,21,28H,1H3/b22-20+. The van der Waals surface area contributed by atoms with E-state index < -0.39 is 28.4 Å². The summed E-state index contributed by atoms with van der Waals surface area (Å²) in [4.78, 5) is 38.0. The number of Topliss-reactive ketones (excluding diaryl/α,β-unsaturated/α-hetero) is 1. The third kappa shape index (κ3) is 3.52. The first-order valence-corrected chi connectivity index (χ1v) is 10.0. The Labute approximate surface area is 188 Å². The minimum atomic E-state index is -0.899. The molecule has 1 unspecified atom stereocenters. The number of non-ortho nitro benzene ring substituents is 1. The monoisotopic (exact) mass is 448 g/mol. The molecule has 1 heterocycles. The molecule has 0 radical (unpaired) electrons. The van der Waals surface area contributed by atoms with Crippen molar-refractivity contribution in [3.05, 3.63) is 110 Å². The van der Waals surface area contributed by atoms with Crippen LogP contribution in [-0.4, -0.2) is 21.7 Å². The van der Waals surface area contributed by atoms with Gasteiger partial charge in [0.05, 0.1) is 16.5 Å². The molecule has 0 aliphatic carbocycles. The number of hydrogen-bond donors (Lipinski definition) is 1. The molecule has 1 aliphatic heterocycles. The fourth-order valence-electron chi connectivity index (χ4n) is 3.79. The highest BCUT2D eigenvalue weighted by atomic mass is 35.5. The lowest BCUT2D eigenvalue weighted by atomic mass is 9.95. The highest BCUT2D eigenvalue weighted by Gasteiger charge is 2.47. The van der Waals surface area contributed by atoms with Gasteiger partial charge in [-0.05, 0) is 42.3 Å². The van der Waals surface area contributed by atoms with E-state index in [1.807, 2.05) is 0 Å². The van der Waals surface area contributed by atoms with Gasteiger partial charge in [0.2, 0.25) is 0 Å². The summed E-state index contributed by atoms with van der Waals surface area (Å²) in [5.41, 5.74) is 1.63. The predicted octanol–water partition coefficient (Wildman–Crippen LogP) is 5.18. The van der Waals surface area contributed by atoms with E-state index in [0.29, 0.717) is 21.8 Å². The van der Waals surface area contributed by atoms with Crippen LogP contribution in [0.3, 0.4) is 0 Å². The van der Waals surface area contributed by atoms with Crippen molar-refractivity contribution in [3.8, 4) is 0 Å². The van der Waals surface area contributed by atoms with E-state index in [0.717, 1.165) is 0 Å². The summed E-state index contributed by atoms with van der Waals surface area (Å²) < 4.78 is 0. The summed E-state index contributed by atoms with van der Waals surface area (Å²) in [7, 11) is 0. The van der Waals surface area contributed by atoms with Crippen molar-refractivity contribution < 1.29 is 19.6 Å². The Morgan fingerprint density at radius 2 is 1.66 bits per heavy atom. The molecular formula is C24H17ClN2O5. The van der Waals surface area contributed by atoms with Gasteiger partial charge in [-0.1, -0.05) is 48.0 Å².